The number of carbonyl (C=O) groups is 2. The van der Waals surface area contributed by atoms with Gasteiger partial charge in [0.05, 0.1) is 25.4 Å². The third-order valence-corrected chi connectivity index (χ3v) is 13.5. The second-order valence-electron chi connectivity index (χ2n) is 20.7. The zero-order valence-electron chi connectivity index (χ0n) is 49.4. The highest BCUT2D eigenvalue weighted by Crippen LogP contribution is 2.26. The number of hydrogen-bond donors (Lipinski definition) is 6. The monoisotopic (exact) mass is 1100 g/mol. The van der Waals surface area contributed by atoms with Crippen molar-refractivity contribution in [3.8, 4) is 0 Å². The first-order valence-electron chi connectivity index (χ1n) is 31.0. The lowest BCUT2D eigenvalue weighted by molar-refractivity contribution is -0.305. The maximum atomic E-state index is 13.4. The van der Waals surface area contributed by atoms with Crippen molar-refractivity contribution < 1.29 is 49.3 Å². The van der Waals surface area contributed by atoms with Gasteiger partial charge in [0.15, 0.2) is 12.4 Å². The first-order chi connectivity index (χ1) is 38.7. The van der Waals surface area contributed by atoms with Gasteiger partial charge in [0, 0.05) is 6.42 Å². The maximum Gasteiger partial charge on any atom is 0.306 e. The molecular formula is C68H111NO10. The zero-order chi connectivity index (χ0) is 57.5. The Kier molecular flexibility index (Phi) is 50.1. The number of ether oxygens (including phenoxy) is 3. The minimum absolute atomic E-state index is 0.0788. The SMILES string of the molecule is CC/C=C\C/C=C\C/C=C\C/C=C\C/C=C\C/C=C\CCCCCCC(=O)OC1C(OCC(NC(=O)C(O)CC/C=C\C/C=C\C/C=C\C/C=C\CCCCC)C(O)/C=C/CCCCCCCCCCC)OC(CO)C(O)C1O. The second kappa shape index (κ2) is 54.4. The Hall–Kier alpha value is -4.20. The second-order valence-corrected chi connectivity index (χ2v) is 20.7. The molecule has 6 N–H and O–H groups in total. The van der Waals surface area contributed by atoms with Gasteiger partial charge < -0.3 is 45.1 Å². The molecule has 79 heavy (non-hydrogen) atoms. The van der Waals surface area contributed by atoms with E-state index in [9.17, 15) is 35.1 Å². The van der Waals surface area contributed by atoms with Crippen molar-refractivity contribution in [1.82, 2.24) is 5.32 Å². The van der Waals surface area contributed by atoms with Gasteiger partial charge in [0.2, 0.25) is 5.91 Å². The van der Waals surface area contributed by atoms with Crippen molar-refractivity contribution in [2.75, 3.05) is 13.2 Å². The average Bonchev–Trinajstić information content (AvgIpc) is 3.47. The molecule has 8 atom stereocenters. The van der Waals surface area contributed by atoms with E-state index < -0.39 is 67.4 Å². The van der Waals surface area contributed by atoms with Gasteiger partial charge in [0.25, 0.3) is 0 Å². The third kappa shape index (κ3) is 42.3. The van der Waals surface area contributed by atoms with Crippen LogP contribution in [-0.4, -0.2) is 99.6 Å². The number of aliphatic hydroxyl groups excluding tert-OH is 5. The lowest BCUT2D eigenvalue weighted by atomic mass is 9.99. The van der Waals surface area contributed by atoms with Crippen molar-refractivity contribution in [1.29, 1.82) is 0 Å². The number of nitrogens with one attached hydrogen (secondary N) is 1. The predicted molar refractivity (Wildman–Crippen MR) is 328 cm³/mol. The van der Waals surface area contributed by atoms with Crippen LogP contribution >= 0.6 is 0 Å². The van der Waals surface area contributed by atoms with E-state index in [1.165, 1.54) is 57.8 Å². The van der Waals surface area contributed by atoms with Gasteiger partial charge in [-0.25, -0.2) is 0 Å². The fraction of sp³-hybridized carbons (Fsp3) is 0.647. The van der Waals surface area contributed by atoms with Crippen LogP contribution in [0.25, 0.3) is 0 Å². The van der Waals surface area contributed by atoms with Gasteiger partial charge in [0.1, 0.15) is 24.4 Å². The van der Waals surface area contributed by atoms with Gasteiger partial charge in [-0.15, -0.1) is 0 Å². The van der Waals surface area contributed by atoms with Crippen molar-refractivity contribution in [2.45, 2.75) is 269 Å². The number of carbonyl (C=O) groups excluding carboxylic acids is 2. The molecule has 1 fully saturated rings. The van der Waals surface area contributed by atoms with Gasteiger partial charge in [-0.2, -0.15) is 0 Å². The van der Waals surface area contributed by atoms with E-state index in [2.05, 4.69) is 135 Å². The van der Waals surface area contributed by atoms with Crippen molar-refractivity contribution >= 4 is 11.9 Å². The molecule has 1 aliphatic heterocycles. The Labute approximate surface area is 480 Å². The standard InChI is InChI=1S/C68H111NO10/c1-4-7-10-13-16-19-22-24-26-28-29-30-31-32-33-34-36-38-41-44-47-50-53-56-63(73)79-66-65(75)64(74)62(57-70)78-68(66)77-58-59(60(71)54-51-48-45-42-39-21-18-15-12-9-6-3)69-67(76)61(72)55-52-49-46-43-40-37-35-27-25-23-20-17-14-11-8-5-2/h7,10,16-17,19-20,24-27,29-30,32-33,36-38,40,46,49,51,54,59-62,64-66,68,70-72,74-75H,4-6,8-9,11-15,18,21-23,28,31,34-35,39,41-45,47-48,50,52-53,55-58H2,1-3H3,(H,69,76)/b10-7-,19-16-,20-17-,26-24-,27-25-,30-29-,33-32-,38-36-,40-37-,49-46-,54-51+. The highest BCUT2D eigenvalue weighted by molar-refractivity contribution is 5.80. The minimum atomic E-state index is -1.64. The van der Waals surface area contributed by atoms with E-state index in [1.807, 2.05) is 18.2 Å². The predicted octanol–water partition coefficient (Wildman–Crippen LogP) is 14.8. The molecule has 0 aromatic heterocycles. The minimum Gasteiger partial charge on any atom is -0.454 e. The van der Waals surface area contributed by atoms with Crippen molar-refractivity contribution in [2.24, 2.45) is 0 Å². The summed E-state index contributed by atoms with van der Waals surface area (Å²) in [5, 5.41) is 56.8. The summed E-state index contributed by atoms with van der Waals surface area (Å²) in [5.74, 6) is -1.29. The third-order valence-electron chi connectivity index (χ3n) is 13.5. The molecule has 1 heterocycles. The smallest absolute Gasteiger partial charge is 0.306 e. The van der Waals surface area contributed by atoms with E-state index in [0.717, 1.165) is 116 Å². The van der Waals surface area contributed by atoms with Crippen LogP contribution in [-0.2, 0) is 23.8 Å². The number of hydrogen-bond acceptors (Lipinski definition) is 10. The molecule has 0 aromatic carbocycles. The molecule has 0 aromatic rings. The summed E-state index contributed by atoms with van der Waals surface area (Å²) in [6.07, 6.45) is 66.4. The van der Waals surface area contributed by atoms with E-state index >= 15 is 0 Å². The van der Waals surface area contributed by atoms with Crippen LogP contribution < -0.4 is 5.32 Å². The number of amides is 1. The lowest BCUT2D eigenvalue weighted by Crippen LogP contribution is -2.61. The molecular weight excluding hydrogens is 991 g/mol. The molecule has 1 aliphatic rings. The molecule has 0 radical (unpaired) electrons. The molecule has 11 nitrogen and oxygen atoms in total. The number of rotatable bonds is 50. The summed E-state index contributed by atoms with van der Waals surface area (Å²) in [7, 11) is 0. The van der Waals surface area contributed by atoms with Crippen LogP contribution in [0.5, 0.6) is 0 Å². The van der Waals surface area contributed by atoms with Crippen LogP contribution in [0.3, 0.4) is 0 Å². The first-order valence-corrected chi connectivity index (χ1v) is 31.0. The molecule has 11 heteroatoms. The summed E-state index contributed by atoms with van der Waals surface area (Å²) >= 11 is 0. The fourth-order valence-electron chi connectivity index (χ4n) is 8.64. The van der Waals surface area contributed by atoms with Crippen LogP contribution in [0.1, 0.15) is 220 Å². The summed E-state index contributed by atoms with van der Waals surface area (Å²) in [5.41, 5.74) is 0. The Morgan fingerprint density at radius 1 is 0.506 bits per heavy atom. The van der Waals surface area contributed by atoms with Gasteiger partial charge in [-0.1, -0.05) is 231 Å². The molecule has 8 unspecified atom stereocenters. The Morgan fingerprint density at radius 2 is 0.911 bits per heavy atom. The summed E-state index contributed by atoms with van der Waals surface area (Å²) < 4.78 is 17.6. The molecule has 0 bridgehead atoms. The van der Waals surface area contributed by atoms with Crippen LogP contribution in [0.2, 0.25) is 0 Å². The van der Waals surface area contributed by atoms with Gasteiger partial charge in [-0.3, -0.25) is 9.59 Å². The quantitative estimate of drug-likeness (QED) is 0.0195. The van der Waals surface area contributed by atoms with Crippen LogP contribution in [0.4, 0.5) is 0 Å². The Balaban J connectivity index is 2.71. The number of unbranched alkanes of at least 4 members (excludes halogenated alkanes) is 16. The highest BCUT2D eigenvalue weighted by Gasteiger charge is 2.47. The molecule has 0 spiro atoms. The van der Waals surface area contributed by atoms with E-state index in [0.29, 0.717) is 12.8 Å². The maximum absolute atomic E-state index is 13.4. The van der Waals surface area contributed by atoms with Gasteiger partial charge >= 0.3 is 5.97 Å². The summed E-state index contributed by atoms with van der Waals surface area (Å²) in [6, 6.07) is -1.07. The number of esters is 1. The van der Waals surface area contributed by atoms with E-state index in [-0.39, 0.29) is 19.4 Å². The van der Waals surface area contributed by atoms with Crippen LogP contribution in [0, 0.1) is 0 Å². The topological polar surface area (TPSA) is 175 Å². The van der Waals surface area contributed by atoms with Crippen molar-refractivity contribution in [3.05, 3.63) is 134 Å². The number of aliphatic hydroxyl groups is 5. The molecule has 0 saturated carbocycles. The molecule has 1 amide bonds. The lowest BCUT2D eigenvalue weighted by Gasteiger charge is -2.41. The zero-order valence-corrected chi connectivity index (χ0v) is 49.4. The molecule has 1 saturated heterocycles. The summed E-state index contributed by atoms with van der Waals surface area (Å²) in [6.45, 7) is 5.57. The largest absolute Gasteiger partial charge is 0.454 e. The van der Waals surface area contributed by atoms with E-state index in [4.69, 9.17) is 14.2 Å². The van der Waals surface area contributed by atoms with E-state index in [1.54, 1.807) is 6.08 Å². The normalized spacial score (nSPS) is 19.8. The van der Waals surface area contributed by atoms with Crippen LogP contribution in [0.15, 0.2) is 134 Å². The molecule has 448 valence electrons. The Morgan fingerprint density at radius 3 is 1.39 bits per heavy atom. The molecule has 0 aliphatic carbocycles. The first kappa shape index (κ1) is 72.8. The van der Waals surface area contributed by atoms with Gasteiger partial charge in [-0.05, 0) is 116 Å². The average molecular weight is 1100 g/mol. The Bertz CT molecular complexity index is 1790. The summed E-state index contributed by atoms with van der Waals surface area (Å²) in [4.78, 5) is 26.5. The fourth-order valence-corrected chi connectivity index (χ4v) is 8.64. The molecule has 1 rings (SSSR count). The highest BCUT2D eigenvalue weighted by atomic mass is 16.7. The number of allylic oxidation sites excluding steroid dienone is 21. The van der Waals surface area contributed by atoms with Crippen molar-refractivity contribution in [3.63, 3.8) is 0 Å².